The zero-order valence-corrected chi connectivity index (χ0v) is 12.3. The van der Waals surface area contributed by atoms with E-state index in [9.17, 15) is 27.1 Å². The average molecular weight is 340 g/mol. The topological polar surface area (TPSA) is 20.2 Å². The van der Waals surface area contributed by atoms with Crippen LogP contribution in [0, 0.1) is 11.6 Å². The first kappa shape index (κ1) is 17.9. The first-order chi connectivity index (χ1) is 11.2. The molecule has 1 N–H and O–H groups in total. The van der Waals surface area contributed by atoms with Gasteiger partial charge in [0.15, 0.2) is 5.60 Å². The predicted octanol–water partition coefficient (Wildman–Crippen LogP) is 4.98. The summed E-state index contributed by atoms with van der Waals surface area (Å²) in [5.74, 6) is -1.04. The number of halogens is 5. The summed E-state index contributed by atoms with van der Waals surface area (Å²) in [4.78, 5) is 0. The van der Waals surface area contributed by atoms with Crippen LogP contribution in [0.25, 0.3) is 12.2 Å². The Hall–Kier alpha value is -2.47. The molecule has 2 aromatic rings. The van der Waals surface area contributed by atoms with Crippen LogP contribution in [0.2, 0.25) is 0 Å². The van der Waals surface area contributed by atoms with Gasteiger partial charge < -0.3 is 5.11 Å². The summed E-state index contributed by atoms with van der Waals surface area (Å²) in [6.07, 6.45) is -1.73. The van der Waals surface area contributed by atoms with Crippen molar-refractivity contribution >= 4 is 12.2 Å². The van der Waals surface area contributed by atoms with Gasteiger partial charge in [0.25, 0.3) is 0 Å². The maximum absolute atomic E-state index is 13.2. The highest BCUT2D eigenvalue weighted by atomic mass is 19.4. The lowest BCUT2D eigenvalue weighted by Gasteiger charge is -2.24. The fraction of sp³-hybridized carbons (Fsp3) is 0.111. The normalized spacial score (nSPS) is 13.1. The van der Waals surface area contributed by atoms with Gasteiger partial charge in [-0.05, 0) is 47.5 Å². The first-order valence-electron chi connectivity index (χ1n) is 6.88. The Balaban J connectivity index is 2.29. The second-order valence-electron chi connectivity index (χ2n) is 5.09. The molecule has 126 valence electrons. The van der Waals surface area contributed by atoms with Crippen molar-refractivity contribution in [1.82, 2.24) is 0 Å². The van der Waals surface area contributed by atoms with Crippen LogP contribution >= 0.6 is 0 Å². The van der Waals surface area contributed by atoms with Crippen LogP contribution in [0.15, 0.2) is 60.7 Å². The number of benzene rings is 2. The van der Waals surface area contributed by atoms with E-state index in [4.69, 9.17) is 0 Å². The third kappa shape index (κ3) is 4.52. The smallest absolute Gasteiger partial charge is 0.373 e. The molecule has 0 aliphatic heterocycles. The van der Waals surface area contributed by atoms with Gasteiger partial charge in [-0.3, -0.25) is 0 Å². The molecule has 0 atom stereocenters. The molecule has 0 radical (unpaired) electrons. The molecule has 0 heterocycles. The molecule has 24 heavy (non-hydrogen) atoms. The zero-order chi connectivity index (χ0) is 17.8. The van der Waals surface area contributed by atoms with Crippen molar-refractivity contribution in [3.63, 3.8) is 0 Å². The average Bonchev–Trinajstić information content (AvgIpc) is 2.53. The van der Waals surface area contributed by atoms with E-state index in [1.165, 1.54) is 24.3 Å². The second kappa shape index (κ2) is 6.97. The van der Waals surface area contributed by atoms with Gasteiger partial charge >= 0.3 is 6.18 Å². The van der Waals surface area contributed by atoms with Crippen molar-refractivity contribution in [2.24, 2.45) is 0 Å². The van der Waals surface area contributed by atoms with Crippen LogP contribution in [-0.2, 0) is 0 Å². The Morgan fingerprint density at radius 3 is 1.29 bits per heavy atom. The predicted molar refractivity (Wildman–Crippen MR) is 81.9 cm³/mol. The van der Waals surface area contributed by atoms with Crippen molar-refractivity contribution in [3.8, 4) is 0 Å². The maximum Gasteiger partial charge on any atom is 0.424 e. The van der Waals surface area contributed by atoms with E-state index in [0.717, 1.165) is 36.4 Å². The molecule has 0 spiro atoms. The molecule has 0 aliphatic rings. The van der Waals surface area contributed by atoms with Gasteiger partial charge in [-0.2, -0.15) is 13.2 Å². The molecule has 0 aliphatic carbocycles. The summed E-state index contributed by atoms with van der Waals surface area (Å²) >= 11 is 0. The van der Waals surface area contributed by atoms with Crippen LogP contribution < -0.4 is 0 Å². The molecule has 0 saturated carbocycles. The lowest BCUT2D eigenvalue weighted by atomic mass is 9.99. The van der Waals surface area contributed by atoms with E-state index in [1.54, 1.807) is 0 Å². The molecule has 0 aromatic heterocycles. The standard InChI is InChI=1S/C18H13F5O/c19-15-5-1-13(2-6-15)9-11-17(24,18(21,22)23)12-10-14-3-7-16(20)8-4-14/h1-12,24H/b11-9+,12-10+. The van der Waals surface area contributed by atoms with E-state index in [0.29, 0.717) is 23.3 Å². The molecule has 0 amide bonds. The molecule has 0 saturated heterocycles. The summed E-state index contributed by atoms with van der Waals surface area (Å²) in [6, 6.07) is 9.53. The Labute approximate surface area is 135 Å². The van der Waals surface area contributed by atoms with Gasteiger partial charge in [0.1, 0.15) is 11.6 Å². The minimum Gasteiger partial charge on any atom is -0.373 e. The van der Waals surface area contributed by atoms with Gasteiger partial charge in [0.05, 0.1) is 0 Å². The van der Waals surface area contributed by atoms with Crippen LogP contribution in [0.5, 0.6) is 0 Å². The number of aliphatic hydroxyl groups is 1. The highest BCUT2D eigenvalue weighted by Crippen LogP contribution is 2.34. The molecule has 6 heteroatoms. The van der Waals surface area contributed by atoms with Crippen LogP contribution in [0.4, 0.5) is 22.0 Å². The van der Waals surface area contributed by atoms with Gasteiger partial charge in [-0.25, -0.2) is 8.78 Å². The minimum absolute atomic E-state index is 0.300. The van der Waals surface area contributed by atoms with Crippen molar-refractivity contribution in [2.45, 2.75) is 11.8 Å². The highest BCUT2D eigenvalue weighted by molar-refractivity contribution is 5.56. The molecule has 0 fully saturated rings. The maximum atomic E-state index is 13.2. The van der Waals surface area contributed by atoms with Gasteiger partial charge in [0.2, 0.25) is 0 Å². The van der Waals surface area contributed by atoms with Gasteiger partial charge in [0, 0.05) is 0 Å². The highest BCUT2D eigenvalue weighted by Gasteiger charge is 2.50. The van der Waals surface area contributed by atoms with E-state index >= 15 is 0 Å². The first-order valence-corrected chi connectivity index (χ1v) is 6.88. The molecule has 2 aromatic carbocycles. The monoisotopic (exact) mass is 340 g/mol. The molecule has 1 nitrogen and oxygen atoms in total. The fourth-order valence-corrected chi connectivity index (χ4v) is 1.84. The Bertz CT molecular complexity index is 672. The van der Waals surface area contributed by atoms with E-state index in [2.05, 4.69) is 0 Å². The molecular weight excluding hydrogens is 327 g/mol. The van der Waals surface area contributed by atoms with Crippen LogP contribution in [-0.4, -0.2) is 16.9 Å². The van der Waals surface area contributed by atoms with Gasteiger partial charge in [-0.15, -0.1) is 0 Å². The minimum atomic E-state index is -4.96. The van der Waals surface area contributed by atoms with E-state index in [1.807, 2.05) is 0 Å². The zero-order valence-electron chi connectivity index (χ0n) is 12.3. The molecular formula is C18H13F5O. The van der Waals surface area contributed by atoms with Crippen molar-refractivity contribution in [1.29, 1.82) is 0 Å². The van der Waals surface area contributed by atoms with Crippen molar-refractivity contribution < 1.29 is 27.1 Å². The summed E-state index contributed by atoms with van der Waals surface area (Å²) in [7, 11) is 0. The van der Waals surface area contributed by atoms with Gasteiger partial charge in [-0.1, -0.05) is 36.4 Å². The van der Waals surface area contributed by atoms with Crippen molar-refractivity contribution in [2.75, 3.05) is 0 Å². The largest absolute Gasteiger partial charge is 0.424 e. The quantitative estimate of drug-likeness (QED) is 0.778. The fourth-order valence-electron chi connectivity index (χ4n) is 1.84. The summed E-state index contributed by atoms with van der Waals surface area (Å²) < 4.78 is 65.1. The van der Waals surface area contributed by atoms with Crippen molar-refractivity contribution in [3.05, 3.63) is 83.4 Å². The van der Waals surface area contributed by atoms with Crippen LogP contribution in [0.3, 0.4) is 0 Å². The third-order valence-corrected chi connectivity index (χ3v) is 3.25. The summed E-state index contributed by atoms with van der Waals surface area (Å²) in [5, 5.41) is 9.93. The Kier molecular flexibility index (Phi) is 5.19. The third-order valence-electron chi connectivity index (χ3n) is 3.25. The molecule has 2 rings (SSSR count). The lowest BCUT2D eigenvalue weighted by Crippen LogP contribution is -2.41. The van der Waals surface area contributed by atoms with E-state index in [-0.39, 0.29) is 0 Å². The summed E-state index contributed by atoms with van der Waals surface area (Å²) in [6.45, 7) is 0. The summed E-state index contributed by atoms with van der Waals surface area (Å²) in [5.41, 5.74) is -2.61. The second-order valence-corrected chi connectivity index (χ2v) is 5.09. The van der Waals surface area contributed by atoms with E-state index < -0.39 is 23.4 Å². The Morgan fingerprint density at radius 2 is 1.00 bits per heavy atom. The molecule has 0 bridgehead atoms. The SMILES string of the molecule is OC(/C=C/c1ccc(F)cc1)(/C=C/c1ccc(F)cc1)C(F)(F)F. The Morgan fingerprint density at radius 1 is 0.667 bits per heavy atom. The number of rotatable bonds is 4. The molecule has 0 unspecified atom stereocenters. The van der Waals surface area contributed by atoms with Crippen LogP contribution in [0.1, 0.15) is 11.1 Å². The number of alkyl halides is 3. The number of hydrogen-bond acceptors (Lipinski definition) is 1. The lowest BCUT2D eigenvalue weighted by molar-refractivity contribution is -0.219. The number of hydrogen-bond donors (Lipinski definition) is 1.